The summed E-state index contributed by atoms with van der Waals surface area (Å²) in [5.74, 6) is -0.857. The van der Waals surface area contributed by atoms with Crippen LogP contribution in [-0.4, -0.2) is 59.3 Å². The number of nitrogens with zero attached hydrogens (tertiary/aromatic N) is 3. The van der Waals surface area contributed by atoms with Crippen molar-refractivity contribution in [2.45, 2.75) is 6.18 Å². The average Bonchev–Trinajstić information content (AvgIpc) is 2.73. The summed E-state index contributed by atoms with van der Waals surface area (Å²) in [4.78, 5) is 38.2. The zero-order chi connectivity index (χ0) is 22.6. The average molecular weight is 436 g/mol. The van der Waals surface area contributed by atoms with Crippen molar-refractivity contribution in [2.75, 3.05) is 38.0 Å². The zero-order valence-corrected chi connectivity index (χ0v) is 16.3. The Kier molecular flexibility index (Phi) is 6.54. The Labute approximate surface area is 175 Å². The van der Waals surface area contributed by atoms with Crippen LogP contribution in [0.2, 0.25) is 0 Å². The number of anilines is 1. The fraction of sp³-hybridized carbons (Fsp3) is 0.300. The molecule has 0 radical (unpaired) electrons. The topological polar surface area (TPSA) is 95.8 Å². The first-order valence-corrected chi connectivity index (χ1v) is 9.37. The molecule has 0 bridgehead atoms. The van der Waals surface area contributed by atoms with Crippen molar-refractivity contribution in [3.63, 3.8) is 0 Å². The number of benzene rings is 2. The van der Waals surface area contributed by atoms with Crippen molar-refractivity contribution >= 4 is 23.2 Å². The van der Waals surface area contributed by atoms with E-state index in [0.29, 0.717) is 31.7 Å². The summed E-state index contributed by atoms with van der Waals surface area (Å²) in [7, 11) is 0. The molecule has 1 aliphatic rings. The zero-order valence-electron chi connectivity index (χ0n) is 16.3. The van der Waals surface area contributed by atoms with Gasteiger partial charge in [-0.1, -0.05) is 12.1 Å². The molecule has 1 aliphatic heterocycles. The number of alkyl halides is 3. The number of hydrogen-bond acceptors (Lipinski definition) is 5. The molecule has 0 aromatic heterocycles. The second kappa shape index (κ2) is 9.13. The van der Waals surface area contributed by atoms with E-state index >= 15 is 0 Å². The van der Waals surface area contributed by atoms with E-state index in [0.717, 1.165) is 6.07 Å². The maximum absolute atomic E-state index is 13.0. The van der Waals surface area contributed by atoms with Gasteiger partial charge in [0.25, 0.3) is 11.6 Å². The highest BCUT2D eigenvalue weighted by Crippen LogP contribution is 2.34. The van der Waals surface area contributed by atoms with Crippen molar-refractivity contribution in [1.82, 2.24) is 9.80 Å². The van der Waals surface area contributed by atoms with Crippen LogP contribution in [0.4, 0.5) is 24.5 Å². The molecule has 0 aliphatic carbocycles. The quantitative estimate of drug-likeness (QED) is 0.574. The molecule has 1 saturated heterocycles. The molecule has 31 heavy (non-hydrogen) atoms. The number of hydrogen-bond donors (Lipinski definition) is 1. The molecule has 1 heterocycles. The molecule has 3 rings (SSSR count). The van der Waals surface area contributed by atoms with E-state index in [4.69, 9.17) is 0 Å². The molecule has 1 N–H and O–H groups in total. The molecule has 11 heteroatoms. The highest BCUT2D eigenvalue weighted by Gasteiger charge is 2.33. The minimum Gasteiger partial charge on any atom is -0.336 e. The number of non-ortho nitro benzene ring substituents is 1. The van der Waals surface area contributed by atoms with Crippen LogP contribution in [-0.2, 0) is 11.0 Å². The first-order chi connectivity index (χ1) is 14.6. The summed E-state index contributed by atoms with van der Waals surface area (Å²) in [6, 6.07) is 10.0. The van der Waals surface area contributed by atoms with Gasteiger partial charge in [0.1, 0.15) is 0 Å². The van der Waals surface area contributed by atoms with Crippen molar-refractivity contribution in [3.8, 4) is 0 Å². The number of rotatable bonds is 5. The van der Waals surface area contributed by atoms with Gasteiger partial charge in [-0.15, -0.1) is 0 Å². The first-order valence-electron chi connectivity index (χ1n) is 9.37. The van der Waals surface area contributed by atoms with Crippen LogP contribution in [0.25, 0.3) is 0 Å². The van der Waals surface area contributed by atoms with Crippen LogP contribution in [0.3, 0.4) is 0 Å². The summed E-state index contributed by atoms with van der Waals surface area (Å²) in [5, 5.41) is 13.0. The van der Waals surface area contributed by atoms with Gasteiger partial charge >= 0.3 is 6.18 Å². The third-order valence-corrected chi connectivity index (χ3v) is 4.86. The molecule has 2 amide bonds. The molecule has 0 atom stereocenters. The van der Waals surface area contributed by atoms with Gasteiger partial charge < -0.3 is 10.2 Å². The van der Waals surface area contributed by atoms with Gasteiger partial charge in [-0.3, -0.25) is 24.6 Å². The Morgan fingerprint density at radius 2 is 1.61 bits per heavy atom. The van der Waals surface area contributed by atoms with Crippen LogP contribution in [0.15, 0.2) is 48.5 Å². The van der Waals surface area contributed by atoms with Crippen LogP contribution < -0.4 is 5.32 Å². The van der Waals surface area contributed by atoms with Crippen molar-refractivity contribution < 1.29 is 27.7 Å². The molecule has 2 aromatic rings. The van der Waals surface area contributed by atoms with Gasteiger partial charge in [0.15, 0.2) is 0 Å². The number of nitrogens with one attached hydrogen (secondary N) is 1. The maximum Gasteiger partial charge on any atom is 0.418 e. The maximum atomic E-state index is 13.0. The highest BCUT2D eigenvalue weighted by atomic mass is 19.4. The summed E-state index contributed by atoms with van der Waals surface area (Å²) in [6.07, 6.45) is -4.58. The van der Waals surface area contributed by atoms with E-state index in [1.807, 2.05) is 0 Å². The largest absolute Gasteiger partial charge is 0.418 e. The summed E-state index contributed by atoms with van der Waals surface area (Å²) in [5.41, 5.74) is -1.01. The number of carbonyl (C=O) groups excluding carboxylic acids is 2. The molecular weight excluding hydrogens is 417 g/mol. The van der Waals surface area contributed by atoms with Gasteiger partial charge in [-0.05, 0) is 24.3 Å². The lowest BCUT2D eigenvalue weighted by Crippen LogP contribution is -2.50. The Bertz CT molecular complexity index is 971. The standard InChI is InChI=1S/C20H19F3N4O4/c21-20(22,23)16-3-1-2-4-17(16)24-18(28)13-25-9-11-26(12-10-25)19(29)14-5-7-15(8-6-14)27(30)31/h1-8H,9-13H2,(H,24,28). The number of halogens is 3. The number of amides is 2. The monoisotopic (exact) mass is 436 g/mol. The smallest absolute Gasteiger partial charge is 0.336 e. The van der Waals surface area contributed by atoms with Crippen molar-refractivity contribution in [1.29, 1.82) is 0 Å². The Morgan fingerprint density at radius 3 is 2.19 bits per heavy atom. The molecule has 164 valence electrons. The van der Waals surface area contributed by atoms with Crippen molar-refractivity contribution in [3.05, 3.63) is 69.8 Å². The first kappa shape index (κ1) is 22.2. The molecule has 2 aromatic carbocycles. The molecule has 8 nitrogen and oxygen atoms in total. The lowest BCUT2D eigenvalue weighted by molar-refractivity contribution is -0.384. The predicted molar refractivity (Wildman–Crippen MR) is 106 cm³/mol. The fourth-order valence-corrected chi connectivity index (χ4v) is 3.25. The Hall–Kier alpha value is -3.47. The normalized spacial score (nSPS) is 14.9. The van der Waals surface area contributed by atoms with Gasteiger partial charge in [0.2, 0.25) is 5.91 Å². The van der Waals surface area contributed by atoms with Crippen LogP contribution >= 0.6 is 0 Å². The minimum absolute atomic E-state index is 0.105. The van der Waals surface area contributed by atoms with Crippen LogP contribution in [0.5, 0.6) is 0 Å². The van der Waals surface area contributed by atoms with Crippen LogP contribution in [0.1, 0.15) is 15.9 Å². The van der Waals surface area contributed by atoms with Crippen LogP contribution in [0, 0.1) is 10.1 Å². The second-order valence-electron chi connectivity index (χ2n) is 6.96. The van der Waals surface area contributed by atoms with Gasteiger partial charge in [-0.25, -0.2) is 0 Å². The number of para-hydroxylation sites is 1. The lowest BCUT2D eigenvalue weighted by atomic mass is 10.1. The van der Waals surface area contributed by atoms with E-state index in [2.05, 4.69) is 5.32 Å². The summed E-state index contributed by atoms with van der Waals surface area (Å²) >= 11 is 0. The number of nitro groups is 1. The Balaban J connectivity index is 1.53. The van der Waals surface area contributed by atoms with Gasteiger partial charge in [-0.2, -0.15) is 13.2 Å². The predicted octanol–water partition coefficient (Wildman–Crippen LogP) is 3.01. The number of carbonyl (C=O) groups is 2. The van der Waals surface area contributed by atoms with E-state index < -0.39 is 22.6 Å². The summed E-state index contributed by atoms with van der Waals surface area (Å²) in [6.45, 7) is 1.27. The SMILES string of the molecule is O=C(CN1CCN(C(=O)c2ccc([N+](=O)[O-])cc2)CC1)Nc1ccccc1C(F)(F)F. The van der Waals surface area contributed by atoms with E-state index in [-0.39, 0.29) is 23.8 Å². The molecule has 0 unspecified atom stereocenters. The van der Waals surface area contributed by atoms with Gasteiger partial charge in [0.05, 0.1) is 22.7 Å². The molecule has 0 spiro atoms. The third-order valence-electron chi connectivity index (χ3n) is 4.86. The Morgan fingerprint density at radius 1 is 1.00 bits per heavy atom. The fourth-order valence-electron chi connectivity index (χ4n) is 3.25. The molecule has 1 fully saturated rings. The molecule has 0 saturated carbocycles. The second-order valence-corrected chi connectivity index (χ2v) is 6.96. The molecular formula is C20H19F3N4O4. The van der Waals surface area contributed by atoms with Crippen molar-refractivity contribution in [2.24, 2.45) is 0 Å². The number of piperazine rings is 1. The van der Waals surface area contributed by atoms with E-state index in [9.17, 15) is 32.9 Å². The highest BCUT2D eigenvalue weighted by molar-refractivity contribution is 5.95. The van der Waals surface area contributed by atoms with E-state index in [1.54, 1.807) is 9.80 Å². The number of nitro benzene ring substituents is 1. The summed E-state index contributed by atoms with van der Waals surface area (Å²) < 4.78 is 39.1. The van der Waals surface area contributed by atoms with Gasteiger partial charge in [0, 0.05) is 43.9 Å². The minimum atomic E-state index is -4.58. The van der Waals surface area contributed by atoms with E-state index in [1.165, 1.54) is 42.5 Å². The lowest BCUT2D eigenvalue weighted by Gasteiger charge is -2.34. The third kappa shape index (κ3) is 5.57.